The summed E-state index contributed by atoms with van der Waals surface area (Å²) < 4.78 is 10.9. The van der Waals surface area contributed by atoms with Crippen molar-refractivity contribution in [3.63, 3.8) is 0 Å². The number of methoxy groups -OCH3 is 2. The number of aryl methyl sites for hydroxylation is 1. The third kappa shape index (κ3) is 5.51. The molecule has 0 bridgehead atoms. The topological polar surface area (TPSA) is 21.7 Å². The Hall–Kier alpha value is -2.00. The van der Waals surface area contributed by atoms with E-state index >= 15 is 0 Å². The summed E-state index contributed by atoms with van der Waals surface area (Å²) in [6, 6.07) is 15.1. The molecule has 0 radical (unpaired) electrons. The van der Waals surface area contributed by atoms with Gasteiger partial charge in [0.1, 0.15) is 0 Å². The van der Waals surface area contributed by atoms with Gasteiger partial charge in [0.25, 0.3) is 0 Å². The molecule has 0 amide bonds. The van der Waals surface area contributed by atoms with Crippen LogP contribution in [0, 0.1) is 18.8 Å². The molecule has 2 aromatic rings. The number of benzene rings is 2. The van der Waals surface area contributed by atoms with Gasteiger partial charge in [0.15, 0.2) is 11.5 Å². The Morgan fingerprint density at radius 3 is 2.29 bits per heavy atom. The summed E-state index contributed by atoms with van der Waals surface area (Å²) in [5.74, 6) is 3.19. The van der Waals surface area contributed by atoms with Crippen LogP contribution >= 0.6 is 0 Å². The third-order valence-electron chi connectivity index (χ3n) is 6.10. The van der Waals surface area contributed by atoms with E-state index in [1.54, 1.807) is 14.2 Å². The Morgan fingerprint density at radius 2 is 1.64 bits per heavy atom. The molecule has 1 unspecified atom stereocenters. The van der Waals surface area contributed by atoms with Crippen LogP contribution in [-0.2, 0) is 13.0 Å². The van der Waals surface area contributed by atoms with E-state index in [2.05, 4.69) is 61.2 Å². The zero-order chi connectivity index (χ0) is 19.9. The second kappa shape index (κ2) is 9.97. The van der Waals surface area contributed by atoms with Crippen molar-refractivity contribution in [3.8, 4) is 11.5 Å². The maximum Gasteiger partial charge on any atom is 0.161 e. The Bertz CT molecular complexity index is 736. The summed E-state index contributed by atoms with van der Waals surface area (Å²) in [5, 5.41) is 0. The SMILES string of the molecule is COc1cc(C)c(CC(C)CC2CCN(Cc3ccccc3)CC2)cc1OC. The van der Waals surface area contributed by atoms with Crippen LogP contribution < -0.4 is 9.47 Å². The van der Waals surface area contributed by atoms with E-state index in [0.717, 1.165) is 30.4 Å². The van der Waals surface area contributed by atoms with Gasteiger partial charge in [-0.3, -0.25) is 4.90 Å². The Balaban J connectivity index is 1.49. The molecule has 1 heterocycles. The molecule has 0 aliphatic carbocycles. The fourth-order valence-corrected chi connectivity index (χ4v) is 4.49. The summed E-state index contributed by atoms with van der Waals surface area (Å²) in [6.45, 7) is 8.11. The first kappa shape index (κ1) is 20.7. The van der Waals surface area contributed by atoms with Gasteiger partial charge in [0.05, 0.1) is 14.2 Å². The summed E-state index contributed by atoms with van der Waals surface area (Å²) in [6.07, 6.45) is 5.06. The lowest BCUT2D eigenvalue weighted by Gasteiger charge is -2.33. The molecular weight excluding hydrogens is 346 g/mol. The highest BCUT2D eigenvalue weighted by atomic mass is 16.5. The quantitative estimate of drug-likeness (QED) is 0.603. The van der Waals surface area contributed by atoms with Gasteiger partial charge in [0.2, 0.25) is 0 Å². The van der Waals surface area contributed by atoms with E-state index in [9.17, 15) is 0 Å². The molecule has 1 fully saturated rings. The zero-order valence-electron chi connectivity index (χ0n) is 17.9. The van der Waals surface area contributed by atoms with E-state index in [4.69, 9.17) is 9.47 Å². The van der Waals surface area contributed by atoms with Crippen molar-refractivity contribution in [2.45, 2.75) is 46.1 Å². The van der Waals surface area contributed by atoms with Gasteiger partial charge in [-0.05, 0) is 86.4 Å². The van der Waals surface area contributed by atoms with Crippen molar-refractivity contribution < 1.29 is 9.47 Å². The lowest BCUT2D eigenvalue weighted by molar-refractivity contribution is 0.162. The fraction of sp³-hybridized carbons (Fsp3) is 0.520. The standard InChI is InChI=1S/C25H35NO2/c1-19(15-23-17-25(28-4)24(27-3)16-20(23)2)14-21-10-12-26(13-11-21)18-22-8-6-5-7-9-22/h5-9,16-17,19,21H,10-15,18H2,1-4H3. The van der Waals surface area contributed by atoms with Gasteiger partial charge in [-0.15, -0.1) is 0 Å². The first-order chi connectivity index (χ1) is 13.6. The average molecular weight is 382 g/mol. The molecule has 0 spiro atoms. The Morgan fingerprint density at radius 1 is 1.00 bits per heavy atom. The van der Waals surface area contributed by atoms with Gasteiger partial charge in [-0.1, -0.05) is 37.3 Å². The van der Waals surface area contributed by atoms with E-state index < -0.39 is 0 Å². The fourth-order valence-electron chi connectivity index (χ4n) is 4.49. The van der Waals surface area contributed by atoms with Crippen LogP contribution in [-0.4, -0.2) is 32.2 Å². The lowest BCUT2D eigenvalue weighted by atomic mass is 9.84. The first-order valence-corrected chi connectivity index (χ1v) is 10.6. The molecule has 3 nitrogen and oxygen atoms in total. The highest BCUT2D eigenvalue weighted by molar-refractivity contribution is 5.47. The Labute approximate surface area is 170 Å². The minimum Gasteiger partial charge on any atom is -0.493 e. The van der Waals surface area contributed by atoms with Crippen LogP contribution in [0.15, 0.2) is 42.5 Å². The molecule has 1 aliphatic rings. The number of hydrogen-bond donors (Lipinski definition) is 0. The second-order valence-electron chi connectivity index (χ2n) is 8.38. The van der Waals surface area contributed by atoms with Crippen LogP contribution in [0.25, 0.3) is 0 Å². The molecule has 3 heteroatoms. The summed E-state index contributed by atoms with van der Waals surface area (Å²) in [4.78, 5) is 2.61. The molecule has 28 heavy (non-hydrogen) atoms. The number of nitrogens with zero attached hydrogens (tertiary/aromatic N) is 1. The average Bonchev–Trinajstić information content (AvgIpc) is 2.71. The van der Waals surface area contributed by atoms with Crippen molar-refractivity contribution in [2.24, 2.45) is 11.8 Å². The molecule has 1 aliphatic heterocycles. The van der Waals surface area contributed by atoms with Crippen LogP contribution in [0.4, 0.5) is 0 Å². The molecule has 0 saturated carbocycles. The van der Waals surface area contributed by atoms with Crippen molar-refractivity contribution in [3.05, 3.63) is 59.2 Å². The molecule has 3 rings (SSSR count). The molecule has 1 atom stereocenters. The predicted molar refractivity (Wildman–Crippen MR) is 116 cm³/mol. The lowest BCUT2D eigenvalue weighted by Crippen LogP contribution is -2.33. The third-order valence-corrected chi connectivity index (χ3v) is 6.10. The molecule has 152 valence electrons. The largest absolute Gasteiger partial charge is 0.493 e. The minimum absolute atomic E-state index is 0.683. The Kier molecular flexibility index (Phi) is 7.38. The zero-order valence-corrected chi connectivity index (χ0v) is 17.9. The van der Waals surface area contributed by atoms with Crippen LogP contribution in [0.1, 0.15) is 42.9 Å². The maximum absolute atomic E-state index is 5.49. The van der Waals surface area contributed by atoms with Gasteiger partial charge < -0.3 is 9.47 Å². The summed E-state index contributed by atoms with van der Waals surface area (Å²) in [7, 11) is 3.41. The second-order valence-corrected chi connectivity index (χ2v) is 8.38. The highest BCUT2D eigenvalue weighted by Gasteiger charge is 2.21. The van der Waals surface area contributed by atoms with Gasteiger partial charge in [0, 0.05) is 6.54 Å². The highest BCUT2D eigenvalue weighted by Crippen LogP contribution is 2.33. The molecular formula is C25H35NO2. The van der Waals surface area contributed by atoms with E-state index in [0.29, 0.717) is 5.92 Å². The molecule has 0 aromatic heterocycles. The summed E-state index contributed by atoms with van der Waals surface area (Å²) >= 11 is 0. The predicted octanol–water partition coefficient (Wildman–Crippen LogP) is 5.49. The number of piperidine rings is 1. The van der Waals surface area contributed by atoms with Gasteiger partial charge in [-0.2, -0.15) is 0 Å². The molecule has 0 N–H and O–H groups in total. The van der Waals surface area contributed by atoms with Crippen molar-refractivity contribution in [2.75, 3.05) is 27.3 Å². The molecule has 2 aromatic carbocycles. The monoisotopic (exact) mass is 381 g/mol. The van der Waals surface area contributed by atoms with Crippen molar-refractivity contribution in [1.82, 2.24) is 4.90 Å². The summed E-state index contributed by atoms with van der Waals surface area (Å²) in [5.41, 5.74) is 4.10. The number of rotatable bonds is 8. The van der Waals surface area contributed by atoms with Crippen LogP contribution in [0.5, 0.6) is 11.5 Å². The molecule has 1 saturated heterocycles. The number of hydrogen-bond acceptors (Lipinski definition) is 3. The normalized spacial score (nSPS) is 16.7. The maximum atomic E-state index is 5.49. The van der Waals surface area contributed by atoms with Crippen LogP contribution in [0.3, 0.4) is 0 Å². The van der Waals surface area contributed by atoms with Crippen molar-refractivity contribution in [1.29, 1.82) is 0 Å². The van der Waals surface area contributed by atoms with E-state index in [-0.39, 0.29) is 0 Å². The number of ether oxygens (including phenoxy) is 2. The van der Waals surface area contributed by atoms with E-state index in [1.807, 2.05) is 0 Å². The van der Waals surface area contributed by atoms with Gasteiger partial charge >= 0.3 is 0 Å². The van der Waals surface area contributed by atoms with Crippen molar-refractivity contribution >= 4 is 0 Å². The van der Waals surface area contributed by atoms with E-state index in [1.165, 1.54) is 49.0 Å². The first-order valence-electron chi connectivity index (χ1n) is 10.6. The smallest absolute Gasteiger partial charge is 0.161 e. The minimum atomic E-state index is 0.683. The van der Waals surface area contributed by atoms with Crippen LogP contribution in [0.2, 0.25) is 0 Å². The number of likely N-dealkylation sites (tertiary alicyclic amines) is 1. The van der Waals surface area contributed by atoms with Gasteiger partial charge in [-0.25, -0.2) is 0 Å².